The molecule has 0 saturated heterocycles. The highest BCUT2D eigenvalue weighted by atomic mass is 14.8. The van der Waals surface area contributed by atoms with E-state index in [1.54, 1.807) is 0 Å². The summed E-state index contributed by atoms with van der Waals surface area (Å²) >= 11 is 0. The topological polar surface area (TPSA) is 12.0 Å². The normalized spacial score (nSPS) is 22.6. The first-order chi connectivity index (χ1) is 5.84. The maximum Gasteiger partial charge on any atom is -0.00145 e. The van der Waals surface area contributed by atoms with Crippen LogP contribution in [0.1, 0.15) is 25.7 Å². The van der Waals surface area contributed by atoms with Gasteiger partial charge in [0.05, 0.1) is 0 Å². The van der Waals surface area contributed by atoms with Crippen molar-refractivity contribution in [1.82, 2.24) is 5.32 Å². The summed E-state index contributed by atoms with van der Waals surface area (Å²) in [5.74, 6) is 0.659. The summed E-state index contributed by atoms with van der Waals surface area (Å²) in [4.78, 5) is 0. The van der Waals surface area contributed by atoms with E-state index in [1.165, 1.54) is 24.8 Å². The molecule has 1 rings (SSSR count). The standard InChI is InChI=1S/C11H19N/c1-10(8-9-12-2)11-6-4-3-5-7-11/h4,6,11-12H,1,3,5,7-9H2,2H3. The molecule has 1 nitrogen and oxygen atoms in total. The van der Waals surface area contributed by atoms with Crippen molar-refractivity contribution in [1.29, 1.82) is 0 Å². The molecule has 1 atom stereocenters. The fourth-order valence-corrected chi connectivity index (χ4v) is 1.62. The zero-order chi connectivity index (χ0) is 8.81. The summed E-state index contributed by atoms with van der Waals surface area (Å²) in [7, 11) is 1.99. The van der Waals surface area contributed by atoms with Gasteiger partial charge >= 0.3 is 0 Å². The van der Waals surface area contributed by atoms with Gasteiger partial charge in [-0.05, 0) is 45.2 Å². The number of allylic oxidation sites excluding steroid dienone is 2. The lowest BCUT2D eigenvalue weighted by atomic mass is 9.88. The number of hydrogen-bond acceptors (Lipinski definition) is 1. The molecule has 1 N–H and O–H groups in total. The van der Waals surface area contributed by atoms with E-state index in [1.807, 2.05) is 7.05 Å². The monoisotopic (exact) mass is 165 g/mol. The molecular weight excluding hydrogens is 146 g/mol. The molecule has 0 aromatic rings. The molecule has 1 unspecified atom stereocenters. The quantitative estimate of drug-likeness (QED) is 0.631. The molecule has 1 heteroatoms. The molecule has 0 bridgehead atoms. The van der Waals surface area contributed by atoms with Gasteiger partial charge < -0.3 is 5.32 Å². The van der Waals surface area contributed by atoms with Crippen molar-refractivity contribution in [3.63, 3.8) is 0 Å². The molecule has 0 aromatic carbocycles. The van der Waals surface area contributed by atoms with Crippen LogP contribution in [-0.2, 0) is 0 Å². The third kappa shape index (κ3) is 2.82. The highest BCUT2D eigenvalue weighted by Crippen LogP contribution is 2.24. The van der Waals surface area contributed by atoms with Gasteiger partial charge in [0, 0.05) is 0 Å². The second-order valence-corrected chi connectivity index (χ2v) is 3.48. The van der Waals surface area contributed by atoms with E-state index in [-0.39, 0.29) is 0 Å². The summed E-state index contributed by atoms with van der Waals surface area (Å²) in [6.45, 7) is 5.18. The van der Waals surface area contributed by atoms with Crippen LogP contribution in [0.4, 0.5) is 0 Å². The summed E-state index contributed by atoms with van der Waals surface area (Å²) in [5, 5.41) is 3.15. The van der Waals surface area contributed by atoms with E-state index in [0.717, 1.165) is 13.0 Å². The average molecular weight is 165 g/mol. The van der Waals surface area contributed by atoms with Crippen LogP contribution in [0.5, 0.6) is 0 Å². The van der Waals surface area contributed by atoms with Gasteiger partial charge in [-0.25, -0.2) is 0 Å². The van der Waals surface area contributed by atoms with Crippen LogP contribution in [0.25, 0.3) is 0 Å². The summed E-state index contributed by atoms with van der Waals surface area (Å²) in [5.41, 5.74) is 1.39. The van der Waals surface area contributed by atoms with Gasteiger partial charge in [0.2, 0.25) is 0 Å². The van der Waals surface area contributed by atoms with Gasteiger partial charge in [-0.15, -0.1) is 0 Å². The van der Waals surface area contributed by atoms with E-state index >= 15 is 0 Å². The van der Waals surface area contributed by atoms with Crippen molar-refractivity contribution < 1.29 is 0 Å². The van der Waals surface area contributed by atoms with Crippen LogP contribution in [0, 0.1) is 5.92 Å². The van der Waals surface area contributed by atoms with Crippen LogP contribution >= 0.6 is 0 Å². The Hall–Kier alpha value is -0.560. The van der Waals surface area contributed by atoms with Gasteiger partial charge in [0.15, 0.2) is 0 Å². The molecule has 0 aromatic heterocycles. The van der Waals surface area contributed by atoms with E-state index in [9.17, 15) is 0 Å². The van der Waals surface area contributed by atoms with Crippen LogP contribution in [0.2, 0.25) is 0 Å². The summed E-state index contributed by atoms with van der Waals surface area (Å²) in [6.07, 6.45) is 9.63. The third-order valence-electron chi connectivity index (χ3n) is 2.47. The van der Waals surface area contributed by atoms with Crippen molar-refractivity contribution in [2.45, 2.75) is 25.7 Å². The largest absolute Gasteiger partial charge is 0.319 e. The molecule has 0 spiro atoms. The molecule has 0 aliphatic heterocycles. The minimum atomic E-state index is 0.659. The highest BCUT2D eigenvalue weighted by molar-refractivity contribution is 5.11. The van der Waals surface area contributed by atoms with Crippen molar-refractivity contribution in [3.05, 3.63) is 24.3 Å². The minimum absolute atomic E-state index is 0.659. The zero-order valence-corrected chi connectivity index (χ0v) is 7.97. The smallest absolute Gasteiger partial charge is 0.00145 e. The van der Waals surface area contributed by atoms with Crippen molar-refractivity contribution >= 4 is 0 Å². The summed E-state index contributed by atoms with van der Waals surface area (Å²) < 4.78 is 0. The Balaban J connectivity index is 2.30. The molecule has 1 aliphatic rings. The lowest BCUT2D eigenvalue weighted by Gasteiger charge is -2.18. The first kappa shape index (κ1) is 9.53. The first-order valence-electron chi connectivity index (χ1n) is 4.83. The van der Waals surface area contributed by atoms with Gasteiger partial charge in [-0.3, -0.25) is 0 Å². The number of nitrogens with one attached hydrogen (secondary N) is 1. The molecular formula is C11H19N. The number of hydrogen-bond donors (Lipinski definition) is 1. The van der Waals surface area contributed by atoms with Crippen LogP contribution < -0.4 is 5.32 Å². The molecule has 1 aliphatic carbocycles. The first-order valence-corrected chi connectivity index (χ1v) is 4.83. The van der Waals surface area contributed by atoms with Crippen molar-refractivity contribution in [3.8, 4) is 0 Å². The second kappa shape index (κ2) is 5.15. The molecule has 0 fully saturated rings. The van der Waals surface area contributed by atoms with Crippen LogP contribution in [0.15, 0.2) is 24.3 Å². The van der Waals surface area contributed by atoms with Gasteiger partial charge in [0.1, 0.15) is 0 Å². The molecule has 0 radical (unpaired) electrons. The Morgan fingerprint density at radius 1 is 1.67 bits per heavy atom. The lowest BCUT2D eigenvalue weighted by molar-refractivity contribution is 0.582. The van der Waals surface area contributed by atoms with E-state index in [2.05, 4.69) is 24.0 Å². The maximum absolute atomic E-state index is 4.12. The van der Waals surface area contributed by atoms with E-state index in [0.29, 0.717) is 5.92 Å². The Morgan fingerprint density at radius 2 is 2.50 bits per heavy atom. The predicted molar refractivity (Wildman–Crippen MR) is 54.2 cm³/mol. The molecule has 12 heavy (non-hydrogen) atoms. The SMILES string of the molecule is C=C(CCNC)C1C=CCCC1. The fraction of sp³-hybridized carbons (Fsp3) is 0.636. The highest BCUT2D eigenvalue weighted by Gasteiger charge is 2.10. The van der Waals surface area contributed by atoms with Gasteiger partial charge in [-0.2, -0.15) is 0 Å². The Labute approximate surface area is 75.6 Å². The minimum Gasteiger partial charge on any atom is -0.319 e. The van der Waals surface area contributed by atoms with Crippen LogP contribution in [0.3, 0.4) is 0 Å². The molecule has 68 valence electrons. The average Bonchev–Trinajstić information content (AvgIpc) is 2.15. The van der Waals surface area contributed by atoms with Crippen molar-refractivity contribution in [2.24, 2.45) is 5.92 Å². The molecule has 0 heterocycles. The molecule has 0 amide bonds. The Morgan fingerprint density at radius 3 is 3.08 bits per heavy atom. The molecule has 0 saturated carbocycles. The van der Waals surface area contributed by atoms with E-state index < -0.39 is 0 Å². The summed E-state index contributed by atoms with van der Waals surface area (Å²) in [6, 6.07) is 0. The lowest BCUT2D eigenvalue weighted by Crippen LogP contribution is -2.12. The van der Waals surface area contributed by atoms with Gasteiger partial charge in [-0.1, -0.05) is 24.3 Å². The van der Waals surface area contributed by atoms with Gasteiger partial charge in [0.25, 0.3) is 0 Å². The second-order valence-electron chi connectivity index (χ2n) is 3.48. The predicted octanol–water partition coefficient (Wildman–Crippen LogP) is 2.51. The third-order valence-corrected chi connectivity index (χ3v) is 2.47. The zero-order valence-electron chi connectivity index (χ0n) is 7.97. The van der Waals surface area contributed by atoms with Crippen LogP contribution in [-0.4, -0.2) is 13.6 Å². The maximum atomic E-state index is 4.12. The number of rotatable bonds is 4. The van der Waals surface area contributed by atoms with Crippen molar-refractivity contribution in [2.75, 3.05) is 13.6 Å². The Kier molecular flexibility index (Phi) is 4.09. The van der Waals surface area contributed by atoms with E-state index in [4.69, 9.17) is 0 Å². The fourth-order valence-electron chi connectivity index (χ4n) is 1.62. The Bertz CT molecular complexity index is 170.